The number of thioether (sulfide) groups is 1. The Morgan fingerprint density at radius 2 is 1.87 bits per heavy atom. The van der Waals surface area contributed by atoms with Gasteiger partial charge >= 0.3 is 0 Å². The minimum absolute atomic E-state index is 0.0998. The number of nitrogens with one attached hydrogen (secondary N) is 1. The monoisotopic (exact) mass is 326 g/mol. The molecule has 0 saturated carbocycles. The summed E-state index contributed by atoms with van der Waals surface area (Å²) in [6, 6.07) is 16.8. The van der Waals surface area contributed by atoms with Crippen molar-refractivity contribution in [3.05, 3.63) is 66.0 Å². The van der Waals surface area contributed by atoms with E-state index in [1.54, 1.807) is 12.1 Å². The molecular formula is C16H14N4O2S. The number of aromatic nitrogens is 3. The first-order valence-corrected chi connectivity index (χ1v) is 8.02. The van der Waals surface area contributed by atoms with Crippen LogP contribution >= 0.6 is 11.8 Å². The number of hydrogen-bond donors (Lipinski definition) is 2. The molecule has 0 fully saturated rings. The van der Waals surface area contributed by atoms with Crippen molar-refractivity contribution in [2.75, 3.05) is 5.43 Å². The molecule has 0 spiro atoms. The fourth-order valence-corrected chi connectivity index (χ4v) is 3.40. The van der Waals surface area contributed by atoms with E-state index in [1.807, 2.05) is 47.1 Å². The predicted octanol–water partition coefficient (Wildman–Crippen LogP) is 2.91. The van der Waals surface area contributed by atoms with Gasteiger partial charge in [0.1, 0.15) is 23.5 Å². The quantitative estimate of drug-likeness (QED) is 0.768. The van der Waals surface area contributed by atoms with Crippen molar-refractivity contribution in [3.8, 4) is 11.5 Å². The number of hydrogen-bond acceptors (Lipinski definition) is 6. The molecule has 0 aliphatic carbocycles. The van der Waals surface area contributed by atoms with E-state index in [1.165, 1.54) is 11.8 Å². The molecule has 1 aliphatic rings. The minimum Gasteiger partial charge on any atom is -0.508 e. The highest BCUT2D eigenvalue weighted by molar-refractivity contribution is 7.99. The lowest BCUT2D eigenvalue weighted by Crippen LogP contribution is -2.17. The summed E-state index contributed by atoms with van der Waals surface area (Å²) >= 11 is 1.51. The van der Waals surface area contributed by atoms with Gasteiger partial charge in [-0.15, -0.1) is 10.2 Å². The zero-order chi connectivity index (χ0) is 15.6. The lowest BCUT2D eigenvalue weighted by molar-refractivity contribution is 0.291. The molecular weight excluding hydrogens is 312 g/mol. The number of para-hydroxylation sites is 2. The lowest BCUT2D eigenvalue weighted by Gasteiger charge is -2.13. The molecule has 0 bridgehead atoms. The highest BCUT2D eigenvalue weighted by Crippen LogP contribution is 2.41. The molecule has 0 saturated heterocycles. The van der Waals surface area contributed by atoms with Crippen LogP contribution in [0, 0.1) is 0 Å². The molecule has 0 amide bonds. The number of phenols is 1. The molecule has 0 unspecified atom stereocenters. The third kappa shape index (κ3) is 2.70. The highest BCUT2D eigenvalue weighted by atomic mass is 32.2. The summed E-state index contributed by atoms with van der Waals surface area (Å²) in [5, 5.41) is 19.0. The van der Waals surface area contributed by atoms with Crippen LogP contribution in [0.25, 0.3) is 0 Å². The van der Waals surface area contributed by atoms with Crippen molar-refractivity contribution in [3.63, 3.8) is 0 Å². The van der Waals surface area contributed by atoms with Crippen LogP contribution in [0.2, 0.25) is 0 Å². The number of ether oxygens (including phenoxy) is 1. The first-order chi connectivity index (χ1) is 11.3. The van der Waals surface area contributed by atoms with Crippen LogP contribution in [0.4, 0.5) is 0 Å². The SMILES string of the molecule is Oc1ccccc1[C@H]1Nn2c(COc3ccccc3)nnc2S1. The smallest absolute Gasteiger partial charge is 0.212 e. The van der Waals surface area contributed by atoms with Gasteiger partial charge in [0, 0.05) is 5.56 Å². The van der Waals surface area contributed by atoms with Crippen molar-refractivity contribution < 1.29 is 9.84 Å². The van der Waals surface area contributed by atoms with Gasteiger partial charge < -0.3 is 15.3 Å². The van der Waals surface area contributed by atoms with Crippen LogP contribution in [-0.4, -0.2) is 20.0 Å². The highest BCUT2D eigenvalue weighted by Gasteiger charge is 2.29. The van der Waals surface area contributed by atoms with Crippen LogP contribution < -0.4 is 10.2 Å². The summed E-state index contributed by atoms with van der Waals surface area (Å²) < 4.78 is 7.53. The van der Waals surface area contributed by atoms with Crippen molar-refractivity contribution in [2.24, 2.45) is 0 Å². The van der Waals surface area contributed by atoms with Crippen LogP contribution in [-0.2, 0) is 6.61 Å². The molecule has 7 heteroatoms. The van der Waals surface area contributed by atoms with Gasteiger partial charge in [-0.1, -0.05) is 48.2 Å². The number of phenolic OH excluding ortho intramolecular Hbond substituents is 1. The van der Waals surface area contributed by atoms with Crippen molar-refractivity contribution in [1.29, 1.82) is 0 Å². The van der Waals surface area contributed by atoms with Crippen molar-refractivity contribution in [2.45, 2.75) is 17.1 Å². The average molecular weight is 326 g/mol. The Morgan fingerprint density at radius 3 is 2.70 bits per heavy atom. The van der Waals surface area contributed by atoms with Crippen molar-refractivity contribution >= 4 is 11.8 Å². The number of rotatable bonds is 4. The molecule has 1 aliphatic heterocycles. The summed E-state index contributed by atoms with van der Waals surface area (Å²) in [6.45, 7) is 0.318. The normalized spacial score (nSPS) is 15.9. The molecule has 0 radical (unpaired) electrons. The van der Waals surface area contributed by atoms with E-state index in [0.717, 1.165) is 16.5 Å². The molecule has 1 atom stereocenters. The van der Waals surface area contributed by atoms with E-state index in [9.17, 15) is 5.11 Å². The van der Waals surface area contributed by atoms with Crippen LogP contribution in [0.15, 0.2) is 59.8 Å². The van der Waals surface area contributed by atoms with Gasteiger partial charge in [0.05, 0.1) is 0 Å². The van der Waals surface area contributed by atoms with Crippen molar-refractivity contribution in [1.82, 2.24) is 14.9 Å². The van der Waals surface area contributed by atoms with Gasteiger partial charge in [0.15, 0.2) is 5.82 Å². The predicted molar refractivity (Wildman–Crippen MR) is 86.9 cm³/mol. The summed E-state index contributed by atoms with van der Waals surface area (Å²) in [5.41, 5.74) is 4.11. The van der Waals surface area contributed by atoms with E-state index < -0.39 is 0 Å². The van der Waals surface area contributed by atoms with Gasteiger partial charge in [0.2, 0.25) is 5.16 Å². The topological polar surface area (TPSA) is 72.2 Å². The molecule has 2 aromatic carbocycles. The number of benzene rings is 2. The van der Waals surface area contributed by atoms with E-state index >= 15 is 0 Å². The Bertz CT molecular complexity index is 822. The third-order valence-corrected chi connectivity index (χ3v) is 4.57. The van der Waals surface area contributed by atoms with E-state index in [4.69, 9.17) is 4.74 Å². The molecule has 23 heavy (non-hydrogen) atoms. The maximum Gasteiger partial charge on any atom is 0.212 e. The Kier molecular flexibility index (Phi) is 3.55. The van der Waals surface area contributed by atoms with Gasteiger partial charge in [0.25, 0.3) is 0 Å². The summed E-state index contributed by atoms with van der Waals surface area (Å²) in [5.74, 6) is 1.74. The zero-order valence-electron chi connectivity index (χ0n) is 12.1. The molecule has 1 aromatic heterocycles. The Labute approximate surface area is 137 Å². The second kappa shape index (κ2) is 5.85. The maximum atomic E-state index is 9.99. The van der Waals surface area contributed by atoms with Gasteiger partial charge in [-0.2, -0.15) is 0 Å². The summed E-state index contributed by atoms with van der Waals surface area (Å²) in [6.07, 6.45) is 0. The lowest BCUT2D eigenvalue weighted by atomic mass is 10.2. The average Bonchev–Trinajstić information content (AvgIpc) is 3.15. The van der Waals surface area contributed by atoms with Gasteiger partial charge in [-0.25, -0.2) is 4.68 Å². The fraction of sp³-hybridized carbons (Fsp3) is 0.125. The van der Waals surface area contributed by atoms with Gasteiger partial charge in [-0.05, 0) is 18.2 Å². The number of nitrogens with zero attached hydrogens (tertiary/aromatic N) is 3. The number of fused-ring (bicyclic) bond motifs is 1. The summed E-state index contributed by atoms with van der Waals surface area (Å²) in [7, 11) is 0. The Hall–Kier alpha value is -2.67. The van der Waals surface area contributed by atoms with Crippen LogP contribution in [0.5, 0.6) is 11.5 Å². The van der Waals surface area contributed by atoms with Crippen LogP contribution in [0.3, 0.4) is 0 Å². The van der Waals surface area contributed by atoms with Crippen LogP contribution in [0.1, 0.15) is 16.8 Å². The molecule has 2 heterocycles. The first-order valence-electron chi connectivity index (χ1n) is 7.14. The molecule has 116 valence electrons. The van der Waals surface area contributed by atoms with E-state index in [2.05, 4.69) is 15.6 Å². The number of aromatic hydroxyl groups is 1. The molecule has 3 aromatic rings. The standard InChI is InChI=1S/C16H14N4O2S/c21-13-9-5-4-8-12(13)15-19-20-14(17-18-16(20)23-15)10-22-11-6-2-1-3-7-11/h1-9,15,19,21H,10H2/t15-/m0/s1. The Morgan fingerprint density at radius 1 is 1.09 bits per heavy atom. The zero-order valence-corrected chi connectivity index (χ0v) is 12.9. The summed E-state index contributed by atoms with van der Waals surface area (Å²) in [4.78, 5) is 0. The second-order valence-electron chi connectivity index (χ2n) is 5.02. The maximum absolute atomic E-state index is 9.99. The second-order valence-corrected chi connectivity index (χ2v) is 6.09. The largest absolute Gasteiger partial charge is 0.508 e. The van der Waals surface area contributed by atoms with Gasteiger partial charge in [-0.3, -0.25) is 0 Å². The van der Waals surface area contributed by atoms with E-state index in [-0.39, 0.29) is 11.1 Å². The Balaban J connectivity index is 1.50. The molecule has 4 rings (SSSR count). The molecule has 2 N–H and O–H groups in total. The minimum atomic E-state index is -0.0998. The fourth-order valence-electron chi connectivity index (χ4n) is 2.36. The third-order valence-electron chi connectivity index (χ3n) is 3.50. The molecule has 6 nitrogen and oxygen atoms in total. The van der Waals surface area contributed by atoms with E-state index in [0.29, 0.717) is 12.4 Å². The first kappa shape index (κ1) is 14.0.